The van der Waals surface area contributed by atoms with Gasteiger partial charge >= 0.3 is 0 Å². The number of hydrogen-bond donors (Lipinski definition) is 2. The van der Waals surface area contributed by atoms with Gasteiger partial charge in [-0.2, -0.15) is 0 Å². The molecule has 0 saturated carbocycles. The Hall–Kier alpha value is -4.32. The molecule has 6 heteroatoms. The minimum absolute atomic E-state index is 0. The summed E-state index contributed by atoms with van der Waals surface area (Å²) in [5.41, 5.74) is 4.53. The molecule has 4 aromatic heterocycles. The van der Waals surface area contributed by atoms with Crippen molar-refractivity contribution in [3.05, 3.63) is 105 Å². The highest BCUT2D eigenvalue weighted by Crippen LogP contribution is 2.23. The molecular weight excluding hydrogens is 424 g/mol. The Morgan fingerprint density at radius 2 is 1.18 bits per heavy atom. The minimum Gasteiger partial charge on any atom is -0.321 e. The maximum Gasteiger partial charge on any atom is 0.256 e. The summed E-state index contributed by atoms with van der Waals surface area (Å²) in [6.07, 6.45) is 3.64. The molecule has 170 valence electrons. The molecule has 0 aliphatic rings. The number of fused-ring (bicyclic) bond motifs is 6. The van der Waals surface area contributed by atoms with E-state index in [1.54, 1.807) is 0 Å². The van der Waals surface area contributed by atoms with Gasteiger partial charge in [0.2, 0.25) is 0 Å². The van der Waals surface area contributed by atoms with Crippen LogP contribution in [0.4, 0.5) is 0 Å². The predicted octanol–water partition coefficient (Wildman–Crippen LogP) is 5.71. The normalized spacial score (nSPS) is 10.8. The first-order valence-corrected chi connectivity index (χ1v) is 10.7. The van der Waals surface area contributed by atoms with Gasteiger partial charge in [0.25, 0.3) is 11.1 Å². The van der Waals surface area contributed by atoms with Crippen LogP contribution in [0.3, 0.4) is 0 Å². The van der Waals surface area contributed by atoms with Crippen molar-refractivity contribution in [2.75, 3.05) is 0 Å². The summed E-state index contributed by atoms with van der Waals surface area (Å²) < 4.78 is 0. The van der Waals surface area contributed by atoms with Crippen molar-refractivity contribution < 1.29 is 0 Å². The van der Waals surface area contributed by atoms with Crippen LogP contribution < -0.4 is 11.1 Å². The lowest BCUT2D eigenvalue weighted by molar-refractivity contribution is 1.16. The maximum absolute atomic E-state index is 12.0. The zero-order chi connectivity index (χ0) is 23.1. The average Bonchev–Trinajstić information content (AvgIpc) is 2.82. The Morgan fingerprint density at radius 1 is 0.647 bits per heavy atom. The second kappa shape index (κ2) is 8.90. The average molecular weight is 451 g/mol. The van der Waals surface area contributed by atoms with Crippen molar-refractivity contribution in [2.45, 2.75) is 28.2 Å². The van der Waals surface area contributed by atoms with Gasteiger partial charge in [0.15, 0.2) is 0 Å². The Labute approximate surface area is 196 Å². The van der Waals surface area contributed by atoms with Crippen molar-refractivity contribution >= 4 is 43.4 Å². The molecule has 2 N–H and O–H groups in total. The third kappa shape index (κ3) is 3.83. The van der Waals surface area contributed by atoms with E-state index in [-0.39, 0.29) is 18.5 Å². The summed E-state index contributed by atoms with van der Waals surface area (Å²) in [5, 5.41) is 5.32. The van der Waals surface area contributed by atoms with Gasteiger partial charge in [0.1, 0.15) is 0 Å². The minimum atomic E-state index is -0.0475. The van der Waals surface area contributed by atoms with Gasteiger partial charge in [-0.15, -0.1) is 0 Å². The Kier molecular flexibility index (Phi) is 5.99. The number of pyridine rings is 4. The SMILES string of the molecule is C.Cc1cc2[nH]c(=O)c3ccccc3c2cn1.Cc1ncc2c([nH]c(=O)c3ccccc32)c1C. The van der Waals surface area contributed by atoms with Gasteiger partial charge in [0, 0.05) is 45.3 Å². The summed E-state index contributed by atoms with van der Waals surface area (Å²) in [4.78, 5) is 38.3. The lowest BCUT2D eigenvalue weighted by Crippen LogP contribution is -2.07. The van der Waals surface area contributed by atoms with E-state index in [9.17, 15) is 9.59 Å². The highest BCUT2D eigenvalue weighted by atomic mass is 16.1. The van der Waals surface area contributed by atoms with Crippen LogP contribution in [-0.2, 0) is 0 Å². The summed E-state index contributed by atoms with van der Waals surface area (Å²) in [6.45, 7) is 5.84. The van der Waals surface area contributed by atoms with Gasteiger partial charge in [-0.05, 0) is 55.3 Å². The third-order valence-electron chi connectivity index (χ3n) is 6.03. The molecule has 0 unspecified atom stereocenters. The standard InChI is InChI=1S/C14H12N2O.C13H10N2O.CH4/c1-8-9(2)15-7-12-10-5-3-4-6-11(10)14(17)16-13(8)12;1-8-6-12-11(7-14-8)9-4-2-3-5-10(9)13(16)15-12;/h3-7H,1-2H3,(H,16,17);2-7H,1H3,(H,15,16);1H4. The van der Waals surface area contributed by atoms with Crippen LogP contribution in [0.1, 0.15) is 24.4 Å². The van der Waals surface area contributed by atoms with E-state index in [1.807, 2.05) is 87.8 Å². The molecule has 6 rings (SSSR count). The van der Waals surface area contributed by atoms with Crippen LogP contribution in [0, 0.1) is 20.8 Å². The van der Waals surface area contributed by atoms with E-state index in [0.29, 0.717) is 10.8 Å². The van der Waals surface area contributed by atoms with Crippen LogP contribution in [0.5, 0.6) is 0 Å². The topological polar surface area (TPSA) is 91.5 Å². The molecule has 0 radical (unpaired) electrons. The van der Waals surface area contributed by atoms with Crippen molar-refractivity contribution in [1.29, 1.82) is 0 Å². The first-order valence-electron chi connectivity index (χ1n) is 10.7. The van der Waals surface area contributed by atoms with Crippen molar-refractivity contribution in [3.8, 4) is 0 Å². The number of aromatic amines is 2. The lowest BCUT2D eigenvalue weighted by Gasteiger charge is -2.07. The number of rotatable bonds is 0. The fourth-order valence-electron chi connectivity index (χ4n) is 4.15. The monoisotopic (exact) mass is 450 g/mol. The van der Waals surface area contributed by atoms with E-state index in [1.165, 1.54) is 0 Å². The van der Waals surface area contributed by atoms with Crippen molar-refractivity contribution in [1.82, 2.24) is 19.9 Å². The molecule has 0 spiro atoms. The van der Waals surface area contributed by atoms with Crippen molar-refractivity contribution in [3.63, 3.8) is 0 Å². The van der Waals surface area contributed by atoms with Gasteiger partial charge < -0.3 is 9.97 Å². The molecule has 0 bridgehead atoms. The van der Waals surface area contributed by atoms with Gasteiger partial charge in [-0.3, -0.25) is 19.6 Å². The molecule has 6 nitrogen and oxygen atoms in total. The maximum atomic E-state index is 12.0. The molecule has 6 aromatic rings. The molecule has 4 heterocycles. The summed E-state index contributed by atoms with van der Waals surface area (Å²) in [6, 6.07) is 17.1. The van der Waals surface area contributed by atoms with Crippen molar-refractivity contribution in [2.24, 2.45) is 0 Å². The van der Waals surface area contributed by atoms with Gasteiger partial charge in [0.05, 0.1) is 11.0 Å². The number of nitrogens with one attached hydrogen (secondary N) is 2. The quantitative estimate of drug-likeness (QED) is 0.290. The van der Waals surface area contributed by atoms with E-state index >= 15 is 0 Å². The zero-order valence-corrected chi connectivity index (χ0v) is 18.6. The van der Waals surface area contributed by atoms with Crippen LogP contribution in [0.25, 0.3) is 43.4 Å². The second-order valence-electron chi connectivity index (χ2n) is 8.13. The lowest BCUT2D eigenvalue weighted by atomic mass is 10.1. The molecule has 0 fully saturated rings. The molecular formula is C28H26N4O2. The Balaban J connectivity index is 0.000000157. The molecule has 0 saturated heterocycles. The largest absolute Gasteiger partial charge is 0.321 e. The smallest absolute Gasteiger partial charge is 0.256 e. The van der Waals surface area contributed by atoms with E-state index in [2.05, 4.69) is 19.9 Å². The number of hydrogen-bond acceptors (Lipinski definition) is 4. The Morgan fingerprint density at radius 3 is 1.82 bits per heavy atom. The highest BCUT2D eigenvalue weighted by molar-refractivity contribution is 6.06. The third-order valence-corrected chi connectivity index (χ3v) is 6.03. The second-order valence-corrected chi connectivity index (χ2v) is 8.13. The van der Waals surface area contributed by atoms with Gasteiger partial charge in [-0.1, -0.05) is 43.8 Å². The predicted molar refractivity (Wildman–Crippen MR) is 141 cm³/mol. The van der Waals surface area contributed by atoms with E-state index in [0.717, 1.165) is 49.5 Å². The van der Waals surface area contributed by atoms with E-state index < -0.39 is 0 Å². The van der Waals surface area contributed by atoms with Crippen LogP contribution in [0.15, 0.2) is 76.6 Å². The van der Waals surface area contributed by atoms with Gasteiger partial charge in [-0.25, -0.2) is 0 Å². The van der Waals surface area contributed by atoms with E-state index in [4.69, 9.17) is 0 Å². The summed E-state index contributed by atoms with van der Waals surface area (Å²) in [7, 11) is 0. The van der Waals surface area contributed by atoms with Crippen LogP contribution in [-0.4, -0.2) is 19.9 Å². The highest BCUT2D eigenvalue weighted by Gasteiger charge is 2.08. The molecule has 0 amide bonds. The molecule has 0 aliphatic heterocycles. The molecule has 0 aliphatic carbocycles. The first kappa shape index (κ1) is 22.9. The number of benzene rings is 2. The fraction of sp³-hybridized carbons (Fsp3) is 0.143. The van der Waals surface area contributed by atoms with Crippen LogP contribution in [0.2, 0.25) is 0 Å². The summed E-state index contributed by atoms with van der Waals surface area (Å²) >= 11 is 0. The first-order chi connectivity index (χ1) is 15.9. The van der Waals surface area contributed by atoms with Crippen LogP contribution >= 0.6 is 0 Å². The zero-order valence-electron chi connectivity index (χ0n) is 18.6. The summed E-state index contributed by atoms with van der Waals surface area (Å²) in [5.74, 6) is 0. The molecule has 34 heavy (non-hydrogen) atoms. The molecule has 2 aromatic carbocycles. The molecule has 0 atom stereocenters. The number of nitrogens with zero attached hydrogens (tertiary/aromatic N) is 2. The fourth-order valence-corrected chi connectivity index (χ4v) is 4.15. The number of aromatic nitrogens is 4. The number of aryl methyl sites for hydroxylation is 3. The number of H-pyrrole nitrogens is 2. The Bertz CT molecular complexity index is 1800.